The lowest BCUT2D eigenvalue weighted by Gasteiger charge is -2.35. The fourth-order valence-electron chi connectivity index (χ4n) is 0.923. The van der Waals surface area contributed by atoms with E-state index in [1.54, 1.807) is 0 Å². The Kier molecular flexibility index (Phi) is 6.35. The van der Waals surface area contributed by atoms with Gasteiger partial charge < -0.3 is 4.43 Å². The Bertz CT molecular complexity index is 301. The molecule has 0 aliphatic carbocycles. The highest BCUT2D eigenvalue weighted by Gasteiger charge is 2.37. The first-order chi connectivity index (χ1) is 7.70. The zero-order chi connectivity index (χ0) is 13.5. The van der Waals surface area contributed by atoms with Gasteiger partial charge in [0, 0.05) is 11.5 Å². The molecule has 0 aromatic carbocycles. The molecule has 0 amide bonds. The Morgan fingerprint density at radius 2 is 2.00 bits per heavy atom. The van der Waals surface area contributed by atoms with E-state index in [-0.39, 0.29) is 5.04 Å². The summed E-state index contributed by atoms with van der Waals surface area (Å²) in [7, 11) is -1.68. The Morgan fingerprint density at radius 3 is 2.47 bits per heavy atom. The lowest BCUT2D eigenvalue weighted by atomic mass is 10.1. The van der Waals surface area contributed by atoms with Crippen LogP contribution in [0.3, 0.4) is 0 Å². The fraction of sp³-hybridized carbons (Fsp3) is 0.833. The first-order valence-electron chi connectivity index (χ1n) is 6.06. The van der Waals surface area contributed by atoms with Crippen molar-refractivity contribution in [3.05, 3.63) is 22.8 Å². The summed E-state index contributed by atoms with van der Waals surface area (Å²) < 4.78 is 5.93. The van der Waals surface area contributed by atoms with Crippen molar-refractivity contribution in [1.29, 1.82) is 0 Å². The van der Waals surface area contributed by atoms with Crippen LogP contribution in [0.5, 0.6) is 0 Å². The summed E-state index contributed by atoms with van der Waals surface area (Å²) in [6.07, 6.45) is 4.74. The number of rotatable bonds is 6. The molecule has 0 aliphatic heterocycles. The molecule has 0 rings (SSSR count). The van der Waals surface area contributed by atoms with Gasteiger partial charge in [-0.15, -0.1) is 0 Å². The molecule has 5 heteroatoms. The highest BCUT2D eigenvalue weighted by Crippen LogP contribution is 2.36. The summed E-state index contributed by atoms with van der Waals surface area (Å²) in [5.41, 5.74) is 8.17. The summed E-state index contributed by atoms with van der Waals surface area (Å²) in [6.45, 7) is 13.7. The van der Waals surface area contributed by atoms with Crippen LogP contribution < -0.4 is 0 Å². The SMILES string of the molecule is C[C@H](/C=C\O[Si](C)(C)C(C)(C)C)CCN=[N+]=[N-]. The number of hydrogen-bond donors (Lipinski definition) is 0. The van der Waals surface area contributed by atoms with E-state index >= 15 is 0 Å². The summed E-state index contributed by atoms with van der Waals surface area (Å²) >= 11 is 0. The molecule has 0 aromatic heterocycles. The first kappa shape index (κ1) is 16.1. The molecule has 0 N–H and O–H groups in total. The zero-order valence-corrected chi connectivity index (χ0v) is 12.9. The van der Waals surface area contributed by atoms with Crippen LogP contribution in [-0.4, -0.2) is 14.9 Å². The Morgan fingerprint density at radius 1 is 1.41 bits per heavy atom. The highest BCUT2D eigenvalue weighted by molar-refractivity contribution is 6.74. The van der Waals surface area contributed by atoms with Gasteiger partial charge in [0.25, 0.3) is 0 Å². The zero-order valence-electron chi connectivity index (χ0n) is 11.9. The van der Waals surface area contributed by atoms with Crippen molar-refractivity contribution in [1.82, 2.24) is 0 Å². The van der Waals surface area contributed by atoms with Crippen molar-refractivity contribution in [2.45, 2.75) is 52.2 Å². The molecule has 0 heterocycles. The lowest BCUT2D eigenvalue weighted by Crippen LogP contribution is -2.39. The average molecular weight is 255 g/mol. The predicted octanol–water partition coefficient (Wildman–Crippen LogP) is 4.86. The van der Waals surface area contributed by atoms with Crippen LogP contribution in [0.4, 0.5) is 0 Å². The van der Waals surface area contributed by atoms with Gasteiger partial charge in [-0.3, -0.25) is 0 Å². The van der Waals surface area contributed by atoms with Crippen LogP contribution in [0.15, 0.2) is 17.5 Å². The molecule has 0 fully saturated rings. The molecule has 17 heavy (non-hydrogen) atoms. The Balaban J connectivity index is 4.14. The van der Waals surface area contributed by atoms with Gasteiger partial charge >= 0.3 is 0 Å². The monoisotopic (exact) mass is 255 g/mol. The smallest absolute Gasteiger partial charge is 0.249 e. The molecule has 98 valence electrons. The molecule has 0 spiro atoms. The van der Waals surface area contributed by atoms with E-state index in [1.807, 2.05) is 12.3 Å². The second-order valence-corrected chi connectivity index (χ2v) is 10.7. The van der Waals surface area contributed by atoms with Gasteiger partial charge in [0.2, 0.25) is 8.32 Å². The third-order valence-electron chi connectivity index (χ3n) is 3.32. The van der Waals surface area contributed by atoms with Crippen LogP contribution in [0, 0.1) is 5.92 Å². The van der Waals surface area contributed by atoms with Gasteiger partial charge in [-0.25, -0.2) is 0 Å². The standard InChI is InChI=1S/C12H25N3OSi/c1-11(7-9-14-15-13)8-10-16-17(5,6)12(2,3)4/h8,10-11H,7,9H2,1-6H3/b10-8-/t11-/m0/s1. The molecule has 0 aliphatic rings. The normalized spacial score (nSPS) is 14.5. The summed E-state index contributed by atoms with van der Waals surface area (Å²) in [4.78, 5) is 2.74. The second kappa shape index (κ2) is 6.72. The van der Waals surface area contributed by atoms with Crippen molar-refractivity contribution in [3.8, 4) is 0 Å². The van der Waals surface area contributed by atoms with Crippen LogP contribution in [0.2, 0.25) is 18.1 Å². The molecule has 1 atom stereocenters. The lowest BCUT2D eigenvalue weighted by molar-refractivity contribution is 0.424. The van der Waals surface area contributed by atoms with Crippen LogP contribution in [-0.2, 0) is 4.43 Å². The topological polar surface area (TPSA) is 58.0 Å². The summed E-state index contributed by atoms with van der Waals surface area (Å²) in [5, 5.41) is 3.75. The number of hydrogen-bond acceptors (Lipinski definition) is 2. The predicted molar refractivity (Wildman–Crippen MR) is 75.2 cm³/mol. The molecule has 0 saturated heterocycles. The van der Waals surface area contributed by atoms with E-state index in [4.69, 9.17) is 9.96 Å². The third-order valence-corrected chi connectivity index (χ3v) is 7.66. The van der Waals surface area contributed by atoms with E-state index in [2.05, 4.69) is 50.8 Å². The molecule has 0 bridgehead atoms. The van der Waals surface area contributed by atoms with E-state index in [0.29, 0.717) is 12.5 Å². The molecule has 0 saturated carbocycles. The maximum Gasteiger partial charge on any atom is 0.249 e. The van der Waals surface area contributed by atoms with Crippen molar-refractivity contribution in [3.63, 3.8) is 0 Å². The van der Waals surface area contributed by atoms with Gasteiger partial charge in [0.05, 0.1) is 6.26 Å². The van der Waals surface area contributed by atoms with Crippen molar-refractivity contribution in [2.24, 2.45) is 11.0 Å². The average Bonchev–Trinajstić information content (AvgIpc) is 2.16. The first-order valence-corrected chi connectivity index (χ1v) is 8.97. The maximum atomic E-state index is 8.17. The van der Waals surface area contributed by atoms with Gasteiger partial charge in [0.1, 0.15) is 0 Å². The minimum Gasteiger partial charge on any atom is -0.549 e. The summed E-state index contributed by atoms with van der Waals surface area (Å²) in [5.74, 6) is 0.380. The van der Waals surface area contributed by atoms with Gasteiger partial charge in [-0.2, -0.15) is 0 Å². The van der Waals surface area contributed by atoms with E-state index < -0.39 is 8.32 Å². The molecular weight excluding hydrogens is 230 g/mol. The number of nitrogens with zero attached hydrogens (tertiary/aromatic N) is 3. The molecule has 0 unspecified atom stereocenters. The van der Waals surface area contributed by atoms with E-state index in [1.165, 1.54) is 0 Å². The molecular formula is C12H25N3OSi. The van der Waals surface area contributed by atoms with Crippen molar-refractivity contribution < 1.29 is 4.43 Å². The number of azide groups is 1. The van der Waals surface area contributed by atoms with Crippen LogP contribution in [0.25, 0.3) is 10.4 Å². The maximum absolute atomic E-state index is 8.17. The fourth-order valence-corrected chi connectivity index (χ4v) is 1.69. The second-order valence-electron chi connectivity index (χ2n) is 5.93. The van der Waals surface area contributed by atoms with Crippen LogP contribution >= 0.6 is 0 Å². The molecule has 0 aromatic rings. The minimum absolute atomic E-state index is 0.228. The Labute approximate surface area is 106 Å². The van der Waals surface area contributed by atoms with Gasteiger partial charge in [-0.1, -0.05) is 32.8 Å². The quantitative estimate of drug-likeness (QED) is 0.220. The third kappa shape index (κ3) is 6.39. The number of allylic oxidation sites excluding steroid dienone is 1. The summed E-state index contributed by atoms with van der Waals surface area (Å²) in [6, 6.07) is 0. The van der Waals surface area contributed by atoms with Crippen molar-refractivity contribution >= 4 is 8.32 Å². The largest absolute Gasteiger partial charge is 0.549 e. The highest BCUT2D eigenvalue weighted by atomic mass is 28.4. The van der Waals surface area contributed by atoms with Gasteiger partial charge in [0.15, 0.2) is 0 Å². The van der Waals surface area contributed by atoms with E-state index in [9.17, 15) is 0 Å². The Hall–Kier alpha value is -0.933. The van der Waals surface area contributed by atoms with Gasteiger partial charge in [-0.05, 0) is 42.1 Å². The minimum atomic E-state index is -1.68. The van der Waals surface area contributed by atoms with Crippen LogP contribution in [0.1, 0.15) is 34.1 Å². The molecule has 4 nitrogen and oxygen atoms in total. The molecule has 0 radical (unpaired) electrons. The van der Waals surface area contributed by atoms with E-state index in [0.717, 1.165) is 6.42 Å². The van der Waals surface area contributed by atoms with Crippen molar-refractivity contribution in [2.75, 3.05) is 6.54 Å².